The molecule has 0 aromatic rings. The molecule has 4 nitrogen and oxygen atoms in total. The van der Waals surface area contributed by atoms with Gasteiger partial charge >= 0.3 is 0 Å². The molecule has 0 saturated carbocycles. The van der Waals surface area contributed by atoms with Crippen LogP contribution in [-0.4, -0.2) is 49.7 Å². The summed E-state index contributed by atoms with van der Waals surface area (Å²) in [6.45, 7) is 6.27. The maximum Gasteiger partial charge on any atom is 0.224 e. The average Bonchev–Trinajstić information content (AvgIpc) is 2.93. The molecule has 0 radical (unpaired) electrons. The van der Waals surface area contributed by atoms with Gasteiger partial charge in [-0.2, -0.15) is 0 Å². The summed E-state index contributed by atoms with van der Waals surface area (Å²) in [5, 5.41) is 3.58. The number of piperidine rings is 1. The molecule has 2 aliphatic rings. The molecule has 2 unspecified atom stereocenters. The van der Waals surface area contributed by atoms with Crippen molar-refractivity contribution in [2.45, 2.75) is 45.1 Å². The average molecular weight is 254 g/mol. The van der Waals surface area contributed by atoms with Gasteiger partial charge in [-0.15, -0.1) is 0 Å². The fraction of sp³-hybridized carbons (Fsp3) is 0.929. The standard InChI is InChI=1S/C14H26N2O2/c1-2-18-10-7-14(17)16-9-4-5-12(11-16)13-6-3-8-15-13/h12-13,15H,2-11H2,1H3. The zero-order valence-electron chi connectivity index (χ0n) is 11.5. The summed E-state index contributed by atoms with van der Waals surface area (Å²) in [6.07, 6.45) is 5.54. The second kappa shape index (κ2) is 7.10. The van der Waals surface area contributed by atoms with E-state index in [-0.39, 0.29) is 5.91 Å². The van der Waals surface area contributed by atoms with E-state index in [2.05, 4.69) is 5.32 Å². The number of hydrogen-bond donors (Lipinski definition) is 1. The second-order valence-electron chi connectivity index (χ2n) is 5.39. The second-order valence-corrected chi connectivity index (χ2v) is 5.39. The fourth-order valence-corrected chi connectivity index (χ4v) is 3.14. The van der Waals surface area contributed by atoms with Crippen molar-refractivity contribution >= 4 is 5.91 Å². The SMILES string of the molecule is CCOCCC(=O)N1CCCC(C2CCCN2)C1. The molecule has 2 atom stereocenters. The topological polar surface area (TPSA) is 41.6 Å². The fourth-order valence-electron chi connectivity index (χ4n) is 3.14. The molecule has 2 saturated heterocycles. The van der Waals surface area contributed by atoms with Crippen molar-refractivity contribution < 1.29 is 9.53 Å². The van der Waals surface area contributed by atoms with Gasteiger partial charge in [0.25, 0.3) is 0 Å². The third-order valence-corrected chi connectivity index (χ3v) is 4.14. The Morgan fingerprint density at radius 2 is 2.28 bits per heavy atom. The van der Waals surface area contributed by atoms with E-state index in [1.807, 2.05) is 11.8 Å². The van der Waals surface area contributed by atoms with E-state index < -0.39 is 0 Å². The van der Waals surface area contributed by atoms with Gasteiger partial charge in [-0.1, -0.05) is 0 Å². The number of amides is 1. The minimum atomic E-state index is 0.270. The third kappa shape index (κ3) is 3.69. The number of likely N-dealkylation sites (tertiary alicyclic amines) is 1. The van der Waals surface area contributed by atoms with Gasteiger partial charge in [-0.05, 0) is 45.1 Å². The highest BCUT2D eigenvalue weighted by molar-refractivity contribution is 5.76. The number of carbonyl (C=O) groups excluding carboxylic acids is 1. The summed E-state index contributed by atoms with van der Waals surface area (Å²) in [5.74, 6) is 0.934. The molecule has 2 rings (SSSR count). The van der Waals surface area contributed by atoms with E-state index >= 15 is 0 Å². The van der Waals surface area contributed by atoms with Gasteiger partial charge in [0.15, 0.2) is 0 Å². The number of rotatable bonds is 5. The molecule has 0 spiro atoms. The summed E-state index contributed by atoms with van der Waals surface area (Å²) < 4.78 is 5.26. The molecule has 0 aromatic heterocycles. The van der Waals surface area contributed by atoms with E-state index in [1.54, 1.807) is 0 Å². The zero-order chi connectivity index (χ0) is 12.8. The van der Waals surface area contributed by atoms with E-state index in [1.165, 1.54) is 19.3 Å². The molecule has 0 aliphatic carbocycles. The monoisotopic (exact) mass is 254 g/mol. The molecular formula is C14H26N2O2. The van der Waals surface area contributed by atoms with Crippen LogP contribution in [0.1, 0.15) is 39.0 Å². The lowest BCUT2D eigenvalue weighted by molar-refractivity contribution is -0.134. The maximum atomic E-state index is 12.1. The van der Waals surface area contributed by atoms with Crippen LogP contribution in [-0.2, 0) is 9.53 Å². The van der Waals surface area contributed by atoms with Gasteiger partial charge in [0, 0.05) is 25.7 Å². The Bertz CT molecular complexity index is 265. The Balaban J connectivity index is 1.76. The lowest BCUT2D eigenvalue weighted by Gasteiger charge is -2.36. The molecule has 1 N–H and O–H groups in total. The number of nitrogens with one attached hydrogen (secondary N) is 1. The molecule has 0 bridgehead atoms. The largest absolute Gasteiger partial charge is 0.381 e. The highest BCUT2D eigenvalue weighted by Gasteiger charge is 2.30. The van der Waals surface area contributed by atoms with Crippen LogP contribution in [0.15, 0.2) is 0 Å². The van der Waals surface area contributed by atoms with Crippen LogP contribution in [0.25, 0.3) is 0 Å². The first-order valence-electron chi connectivity index (χ1n) is 7.40. The van der Waals surface area contributed by atoms with Crippen LogP contribution in [0.3, 0.4) is 0 Å². The molecule has 18 heavy (non-hydrogen) atoms. The molecule has 2 fully saturated rings. The molecule has 2 heterocycles. The van der Waals surface area contributed by atoms with Crippen molar-refractivity contribution in [1.29, 1.82) is 0 Å². The van der Waals surface area contributed by atoms with E-state index in [4.69, 9.17) is 4.74 Å². The molecule has 104 valence electrons. The predicted octanol–water partition coefficient (Wildman–Crippen LogP) is 1.40. The summed E-state index contributed by atoms with van der Waals surface area (Å²) in [7, 11) is 0. The summed E-state index contributed by atoms with van der Waals surface area (Å²) in [6, 6.07) is 0.646. The Hall–Kier alpha value is -0.610. The van der Waals surface area contributed by atoms with Crippen molar-refractivity contribution in [2.24, 2.45) is 5.92 Å². The first-order chi connectivity index (χ1) is 8.81. The molecule has 1 amide bonds. The van der Waals surface area contributed by atoms with Crippen molar-refractivity contribution in [3.8, 4) is 0 Å². The van der Waals surface area contributed by atoms with Gasteiger partial charge in [0.2, 0.25) is 5.91 Å². The molecule has 0 aromatic carbocycles. The molecule has 4 heteroatoms. The number of nitrogens with zero attached hydrogens (tertiary/aromatic N) is 1. The maximum absolute atomic E-state index is 12.1. The van der Waals surface area contributed by atoms with Crippen LogP contribution in [0, 0.1) is 5.92 Å². The summed E-state index contributed by atoms with van der Waals surface area (Å²) >= 11 is 0. The third-order valence-electron chi connectivity index (χ3n) is 4.14. The van der Waals surface area contributed by atoms with Crippen LogP contribution < -0.4 is 5.32 Å². The zero-order valence-corrected chi connectivity index (χ0v) is 11.5. The highest BCUT2D eigenvalue weighted by atomic mass is 16.5. The van der Waals surface area contributed by atoms with E-state index in [0.29, 0.717) is 31.6 Å². The Morgan fingerprint density at radius 1 is 1.39 bits per heavy atom. The Morgan fingerprint density at radius 3 is 3.00 bits per heavy atom. The first kappa shape index (κ1) is 13.8. The van der Waals surface area contributed by atoms with Gasteiger partial charge in [-0.25, -0.2) is 0 Å². The lowest BCUT2D eigenvalue weighted by atomic mass is 9.89. The van der Waals surface area contributed by atoms with Gasteiger partial charge in [0.05, 0.1) is 13.0 Å². The van der Waals surface area contributed by atoms with Crippen molar-refractivity contribution in [2.75, 3.05) is 32.8 Å². The van der Waals surface area contributed by atoms with Gasteiger partial charge in [-0.3, -0.25) is 4.79 Å². The normalized spacial score (nSPS) is 28.6. The van der Waals surface area contributed by atoms with Crippen molar-refractivity contribution in [1.82, 2.24) is 10.2 Å². The highest BCUT2D eigenvalue weighted by Crippen LogP contribution is 2.24. The van der Waals surface area contributed by atoms with Crippen molar-refractivity contribution in [3.05, 3.63) is 0 Å². The summed E-state index contributed by atoms with van der Waals surface area (Å²) in [4.78, 5) is 14.1. The first-order valence-corrected chi connectivity index (χ1v) is 7.40. The molecular weight excluding hydrogens is 228 g/mol. The minimum absolute atomic E-state index is 0.270. The lowest BCUT2D eigenvalue weighted by Crippen LogP contribution is -2.46. The van der Waals surface area contributed by atoms with Gasteiger partial charge in [0.1, 0.15) is 0 Å². The van der Waals surface area contributed by atoms with Crippen LogP contribution >= 0.6 is 0 Å². The van der Waals surface area contributed by atoms with E-state index in [0.717, 1.165) is 26.1 Å². The minimum Gasteiger partial charge on any atom is -0.381 e. The summed E-state index contributed by atoms with van der Waals surface area (Å²) in [5.41, 5.74) is 0. The number of ether oxygens (including phenoxy) is 1. The number of carbonyl (C=O) groups is 1. The van der Waals surface area contributed by atoms with Crippen LogP contribution in [0.2, 0.25) is 0 Å². The van der Waals surface area contributed by atoms with Crippen molar-refractivity contribution in [3.63, 3.8) is 0 Å². The Labute approximate surface area is 110 Å². The Kier molecular flexibility index (Phi) is 5.45. The van der Waals surface area contributed by atoms with E-state index in [9.17, 15) is 4.79 Å². The number of hydrogen-bond acceptors (Lipinski definition) is 3. The quantitative estimate of drug-likeness (QED) is 0.754. The van der Waals surface area contributed by atoms with Gasteiger partial charge < -0.3 is 15.0 Å². The smallest absolute Gasteiger partial charge is 0.224 e. The van der Waals surface area contributed by atoms with Crippen LogP contribution in [0.5, 0.6) is 0 Å². The molecule has 2 aliphatic heterocycles. The predicted molar refractivity (Wildman–Crippen MR) is 71.4 cm³/mol. The van der Waals surface area contributed by atoms with Crippen LogP contribution in [0.4, 0.5) is 0 Å².